The van der Waals surface area contributed by atoms with Gasteiger partial charge in [-0.25, -0.2) is 0 Å². The highest BCUT2D eigenvalue weighted by Crippen LogP contribution is 2.33. The summed E-state index contributed by atoms with van der Waals surface area (Å²) in [5, 5.41) is 30.8. The third-order valence-corrected chi connectivity index (χ3v) is 5.26. The Labute approximate surface area is 183 Å². The van der Waals surface area contributed by atoms with Crippen molar-refractivity contribution in [3.63, 3.8) is 0 Å². The van der Waals surface area contributed by atoms with Crippen LogP contribution in [0.25, 0.3) is 6.08 Å². The molecule has 0 saturated carbocycles. The number of aliphatic carboxylic acids is 1. The van der Waals surface area contributed by atoms with Gasteiger partial charge in [-0.3, -0.25) is 34.7 Å². The van der Waals surface area contributed by atoms with E-state index in [1.54, 1.807) is 12.1 Å². The van der Waals surface area contributed by atoms with E-state index in [1.165, 1.54) is 18.2 Å². The molecule has 1 fully saturated rings. The van der Waals surface area contributed by atoms with Gasteiger partial charge >= 0.3 is 5.97 Å². The van der Waals surface area contributed by atoms with Crippen LogP contribution in [0.4, 0.5) is 11.4 Å². The SMILES string of the molecule is O=C(O)CN1C(=O)/C(=C/c2ccc(Oc3cc([N+](=O)[O-])cc([N+](=O)[O-])c3)cc2)SC1=S. The predicted molar refractivity (Wildman–Crippen MR) is 114 cm³/mol. The van der Waals surface area contributed by atoms with Crippen molar-refractivity contribution < 1.29 is 29.3 Å². The van der Waals surface area contributed by atoms with Gasteiger partial charge in [-0.1, -0.05) is 36.1 Å². The van der Waals surface area contributed by atoms with Crippen LogP contribution in [0.1, 0.15) is 5.56 Å². The number of carbonyl (C=O) groups excluding carboxylic acids is 1. The van der Waals surface area contributed by atoms with E-state index in [-0.39, 0.29) is 20.7 Å². The van der Waals surface area contributed by atoms with Crippen LogP contribution in [0, 0.1) is 20.2 Å². The molecule has 1 aliphatic heterocycles. The van der Waals surface area contributed by atoms with Crippen molar-refractivity contribution in [2.75, 3.05) is 6.54 Å². The number of ether oxygens (including phenoxy) is 1. The van der Waals surface area contributed by atoms with Gasteiger partial charge in [-0.05, 0) is 23.8 Å². The highest BCUT2D eigenvalue weighted by molar-refractivity contribution is 8.26. The monoisotopic (exact) mass is 461 g/mol. The van der Waals surface area contributed by atoms with Crippen molar-refractivity contribution in [2.24, 2.45) is 0 Å². The molecule has 1 aliphatic rings. The third kappa shape index (κ3) is 5.21. The molecule has 0 aromatic heterocycles. The molecule has 0 unspecified atom stereocenters. The van der Waals surface area contributed by atoms with Gasteiger partial charge in [-0.15, -0.1) is 0 Å². The van der Waals surface area contributed by atoms with Crippen molar-refractivity contribution >= 4 is 57.6 Å². The molecule has 13 heteroatoms. The zero-order valence-electron chi connectivity index (χ0n) is 15.3. The number of thioether (sulfide) groups is 1. The largest absolute Gasteiger partial charge is 0.480 e. The first-order valence-electron chi connectivity index (χ1n) is 8.33. The first-order valence-corrected chi connectivity index (χ1v) is 9.55. The lowest BCUT2D eigenvalue weighted by atomic mass is 10.2. The van der Waals surface area contributed by atoms with Crippen LogP contribution in [0.3, 0.4) is 0 Å². The summed E-state index contributed by atoms with van der Waals surface area (Å²) in [7, 11) is 0. The number of nitrogens with zero attached hydrogens (tertiary/aromatic N) is 3. The van der Waals surface area contributed by atoms with Gasteiger partial charge in [0.1, 0.15) is 22.4 Å². The van der Waals surface area contributed by atoms with E-state index in [1.807, 2.05) is 0 Å². The summed E-state index contributed by atoms with van der Waals surface area (Å²) < 4.78 is 5.63. The minimum Gasteiger partial charge on any atom is -0.480 e. The summed E-state index contributed by atoms with van der Waals surface area (Å²) in [5.41, 5.74) is -0.374. The molecule has 0 spiro atoms. The van der Waals surface area contributed by atoms with E-state index in [0.29, 0.717) is 5.56 Å². The Bertz CT molecular complexity index is 1110. The smallest absolute Gasteiger partial charge is 0.323 e. The zero-order valence-corrected chi connectivity index (χ0v) is 16.9. The lowest BCUT2D eigenvalue weighted by Crippen LogP contribution is -2.33. The molecule has 1 saturated heterocycles. The van der Waals surface area contributed by atoms with Crippen LogP contribution in [0.2, 0.25) is 0 Å². The van der Waals surface area contributed by atoms with Crippen molar-refractivity contribution in [1.29, 1.82) is 0 Å². The number of carboxylic acid groups (broad SMARTS) is 1. The van der Waals surface area contributed by atoms with Crippen LogP contribution in [0.15, 0.2) is 47.4 Å². The van der Waals surface area contributed by atoms with Crippen LogP contribution in [0.5, 0.6) is 11.5 Å². The van der Waals surface area contributed by atoms with E-state index >= 15 is 0 Å². The molecule has 0 atom stereocenters. The first kappa shape index (κ1) is 21.9. The van der Waals surface area contributed by atoms with E-state index in [9.17, 15) is 29.8 Å². The second-order valence-corrected chi connectivity index (χ2v) is 7.71. The number of thiocarbonyl (C=S) groups is 1. The quantitative estimate of drug-likeness (QED) is 0.280. The average Bonchev–Trinajstić information content (AvgIpc) is 2.96. The predicted octanol–water partition coefficient (Wildman–Crippen LogP) is 3.58. The van der Waals surface area contributed by atoms with Crippen molar-refractivity contribution in [3.05, 3.63) is 73.2 Å². The molecule has 11 nitrogen and oxygen atoms in total. The Morgan fingerprint density at radius 1 is 1.10 bits per heavy atom. The molecular formula is C18H11N3O8S2. The van der Waals surface area contributed by atoms with Crippen molar-refractivity contribution in [3.8, 4) is 11.5 Å². The maximum absolute atomic E-state index is 12.3. The Hall–Kier alpha value is -3.84. The Kier molecular flexibility index (Phi) is 6.27. The molecule has 0 aliphatic carbocycles. The molecule has 2 aromatic carbocycles. The molecule has 31 heavy (non-hydrogen) atoms. The highest BCUT2D eigenvalue weighted by Gasteiger charge is 2.33. The normalized spacial score (nSPS) is 14.7. The maximum atomic E-state index is 12.3. The van der Waals surface area contributed by atoms with Gasteiger partial charge < -0.3 is 9.84 Å². The Morgan fingerprint density at radius 3 is 2.19 bits per heavy atom. The standard InChI is InChI=1S/C18H11N3O8S2/c22-16(23)9-19-17(24)15(31-18(19)30)5-10-1-3-13(4-2-10)29-14-7-11(20(25)26)6-12(8-14)21(27)28/h1-8H,9H2,(H,22,23)/b15-5-. The highest BCUT2D eigenvalue weighted by atomic mass is 32.2. The molecule has 1 heterocycles. The molecule has 1 amide bonds. The topological polar surface area (TPSA) is 153 Å². The number of rotatable bonds is 7. The summed E-state index contributed by atoms with van der Waals surface area (Å²) in [5.74, 6) is -1.52. The lowest BCUT2D eigenvalue weighted by Gasteiger charge is -2.10. The van der Waals surface area contributed by atoms with Crippen LogP contribution in [-0.4, -0.2) is 42.6 Å². The fourth-order valence-electron chi connectivity index (χ4n) is 2.53. The molecule has 1 N–H and O–H groups in total. The summed E-state index contributed by atoms with van der Waals surface area (Å²) in [4.78, 5) is 44.8. The van der Waals surface area contributed by atoms with Crippen LogP contribution >= 0.6 is 24.0 Å². The average molecular weight is 461 g/mol. The van der Waals surface area contributed by atoms with Crippen LogP contribution in [-0.2, 0) is 9.59 Å². The molecular weight excluding hydrogens is 450 g/mol. The number of non-ortho nitro benzene ring substituents is 2. The third-order valence-electron chi connectivity index (χ3n) is 3.88. The van der Waals surface area contributed by atoms with E-state index < -0.39 is 39.6 Å². The second-order valence-electron chi connectivity index (χ2n) is 6.03. The van der Waals surface area contributed by atoms with Crippen LogP contribution < -0.4 is 4.74 Å². The second kappa shape index (κ2) is 8.89. The number of benzene rings is 2. The summed E-state index contributed by atoms with van der Waals surface area (Å²) in [6.45, 7) is -0.524. The van der Waals surface area contributed by atoms with Gasteiger partial charge in [0.05, 0.1) is 33.0 Å². The minimum absolute atomic E-state index is 0.0804. The summed E-state index contributed by atoms with van der Waals surface area (Å²) >= 11 is 6.01. The lowest BCUT2D eigenvalue weighted by molar-refractivity contribution is -0.394. The number of nitro groups is 2. The number of carboxylic acids is 1. The maximum Gasteiger partial charge on any atom is 0.323 e. The number of hydrogen-bond acceptors (Lipinski definition) is 9. The Morgan fingerprint density at radius 2 is 1.68 bits per heavy atom. The molecule has 0 radical (unpaired) electrons. The fourth-order valence-corrected chi connectivity index (χ4v) is 3.78. The van der Waals surface area contributed by atoms with E-state index in [0.717, 1.165) is 34.9 Å². The molecule has 2 aromatic rings. The molecule has 158 valence electrons. The fraction of sp³-hybridized carbons (Fsp3) is 0.0556. The van der Waals surface area contributed by atoms with Crippen molar-refractivity contribution in [2.45, 2.75) is 0 Å². The summed E-state index contributed by atoms with van der Waals surface area (Å²) in [6.07, 6.45) is 1.53. The number of amides is 1. The van der Waals surface area contributed by atoms with E-state index in [2.05, 4.69) is 0 Å². The van der Waals surface area contributed by atoms with Gasteiger partial charge in [0.2, 0.25) is 0 Å². The van der Waals surface area contributed by atoms with Gasteiger partial charge in [0.25, 0.3) is 17.3 Å². The van der Waals surface area contributed by atoms with Crippen molar-refractivity contribution in [1.82, 2.24) is 4.90 Å². The Balaban J connectivity index is 1.79. The molecule has 0 bridgehead atoms. The van der Waals surface area contributed by atoms with Gasteiger partial charge in [-0.2, -0.15) is 0 Å². The summed E-state index contributed by atoms with van der Waals surface area (Å²) in [6, 6.07) is 9.15. The van der Waals surface area contributed by atoms with Gasteiger partial charge in [0, 0.05) is 0 Å². The van der Waals surface area contributed by atoms with E-state index in [4.69, 9.17) is 22.1 Å². The molecule has 3 rings (SSSR count). The zero-order chi connectivity index (χ0) is 22.7. The first-order chi connectivity index (χ1) is 14.6. The van der Waals surface area contributed by atoms with Gasteiger partial charge in [0.15, 0.2) is 0 Å². The number of nitro benzene ring substituents is 2. The number of carbonyl (C=O) groups is 2. The minimum atomic E-state index is -1.18. The number of hydrogen-bond donors (Lipinski definition) is 1.